The van der Waals surface area contributed by atoms with Crippen LogP contribution in [0.15, 0.2) is 41.2 Å². The fourth-order valence-electron chi connectivity index (χ4n) is 3.78. The zero-order valence-corrected chi connectivity index (χ0v) is 15.6. The summed E-state index contributed by atoms with van der Waals surface area (Å²) in [7, 11) is 0. The molecule has 0 aliphatic carbocycles. The number of aryl methyl sites for hydroxylation is 1. The van der Waals surface area contributed by atoms with Crippen LogP contribution in [0.25, 0.3) is 11.1 Å². The van der Waals surface area contributed by atoms with E-state index in [-0.39, 0.29) is 17.1 Å². The molecule has 0 bridgehead atoms. The molecule has 8 nitrogen and oxygen atoms in total. The molecule has 30 heavy (non-hydrogen) atoms. The molecule has 5 rings (SSSR count). The summed E-state index contributed by atoms with van der Waals surface area (Å²) < 4.78 is 45.6. The second-order valence-corrected chi connectivity index (χ2v) is 6.99. The molecule has 4 heterocycles. The van der Waals surface area contributed by atoms with E-state index in [1.165, 1.54) is 11.2 Å². The van der Waals surface area contributed by atoms with Crippen molar-refractivity contribution in [3.8, 4) is 0 Å². The van der Waals surface area contributed by atoms with Gasteiger partial charge in [-0.3, -0.25) is 4.79 Å². The molecule has 0 fully saturated rings. The van der Waals surface area contributed by atoms with Crippen LogP contribution < -0.4 is 0 Å². The Labute approximate surface area is 167 Å². The van der Waals surface area contributed by atoms with Crippen LogP contribution in [0.2, 0.25) is 0 Å². The first-order chi connectivity index (χ1) is 14.3. The topological polar surface area (TPSA) is 92.8 Å². The number of aromatic amines is 1. The standard InChI is InChI=1S/C19H15F3N6O2/c1-10-3-2-4-12-16(10)30-17(26-12)15-14-11(23-9-24-14)6-8-27(15)18(29)13-5-7-25-28(13)19(20,21)22/h2-5,7,9,15H,6,8H2,1H3,(H,23,24)/t15-/m0/s1. The van der Waals surface area contributed by atoms with E-state index >= 15 is 0 Å². The first kappa shape index (κ1) is 18.4. The average molecular weight is 416 g/mol. The maximum Gasteiger partial charge on any atom is 0.505 e. The third-order valence-corrected chi connectivity index (χ3v) is 5.15. The Morgan fingerprint density at radius 1 is 1.30 bits per heavy atom. The smallest absolute Gasteiger partial charge is 0.438 e. The zero-order chi connectivity index (χ0) is 21.0. The number of para-hydroxylation sites is 1. The predicted octanol–water partition coefficient (Wildman–Crippen LogP) is 3.32. The Bertz CT molecular complexity index is 1250. The number of rotatable bonds is 2. The number of nitrogens with one attached hydrogen (secondary N) is 1. The second kappa shape index (κ2) is 6.44. The van der Waals surface area contributed by atoms with Crippen LogP contribution in [0, 0.1) is 6.92 Å². The molecule has 154 valence electrons. The van der Waals surface area contributed by atoms with E-state index in [2.05, 4.69) is 20.1 Å². The quantitative estimate of drug-likeness (QED) is 0.541. The maximum atomic E-state index is 13.3. The monoisotopic (exact) mass is 416 g/mol. The summed E-state index contributed by atoms with van der Waals surface area (Å²) in [5.74, 6) is -0.638. The molecule has 1 aliphatic heterocycles. The van der Waals surface area contributed by atoms with Crippen molar-refractivity contribution in [3.63, 3.8) is 0 Å². The number of hydrogen-bond donors (Lipinski definition) is 1. The molecule has 1 atom stereocenters. The van der Waals surface area contributed by atoms with Crippen molar-refractivity contribution in [3.05, 3.63) is 65.3 Å². The normalized spacial score (nSPS) is 16.8. The van der Waals surface area contributed by atoms with Gasteiger partial charge in [0.25, 0.3) is 5.91 Å². The van der Waals surface area contributed by atoms with Gasteiger partial charge in [0.15, 0.2) is 11.6 Å². The molecule has 1 aliphatic rings. The summed E-state index contributed by atoms with van der Waals surface area (Å²) in [5.41, 5.74) is 2.71. The van der Waals surface area contributed by atoms with Gasteiger partial charge in [0, 0.05) is 18.7 Å². The SMILES string of the molecule is Cc1cccc2nc([C@@H]3c4nc[nH]c4CCN3C(=O)c3ccnn3C(F)(F)F)oc12. The molecule has 1 N–H and O–H groups in total. The average Bonchev–Trinajstić information content (AvgIpc) is 3.44. The van der Waals surface area contributed by atoms with E-state index in [0.29, 0.717) is 23.2 Å². The number of hydrogen-bond acceptors (Lipinski definition) is 5. The van der Waals surface area contributed by atoms with E-state index < -0.39 is 23.9 Å². The predicted molar refractivity (Wildman–Crippen MR) is 97.4 cm³/mol. The van der Waals surface area contributed by atoms with Gasteiger partial charge in [0.1, 0.15) is 11.2 Å². The maximum absolute atomic E-state index is 13.3. The first-order valence-electron chi connectivity index (χ1n) is 9.15. The summed E-state index contributed by atoms with van der Waals surface area (Å²) in [4.78, 5) is 26.3. The summed E-state index contributed by atoms with van der Waals surface area (Å²) in [6.45, 7) is 2.03. The number of carbonyl (C=O) groups is 1. The lowest BCUT2D eigenvalue weighted by Gasteiger charge is -2.33. The molecule has 11 heteroatoms. The largest absolute Gasteiger partial charge is 0.505 e. The number of benzene rings is 1. The van der Waals surface area contributed by atoms with E-state index in [9.17, 15) is 18.0 Å². The fraction of sp³-hybridized carbons (Fsp3) is 0.263. The van der Waals surface area contributed by atoms with Crippen LogP contribution in [0.5, 0.6) is 0 Å². The molecule has 3 aromatic heterocycles. The van der Waals surface area contributed by atoms with Crippen LogP contribution in [0.4, 0.5) is 13.2 Å². The molecule has 0 unspecified atom stereocenters. The highest BCUT2D eigenvalue weighted by Gasteiger charge is 2.42. The Kier molecular flexibility index (Phi) is 3.95. The number of amides is 1. The van der Waals surface area contributed by atoms with Gasteiger partial charge in [-0.1, -0.05) is 12.1 Å². The van der Waals surface area contributed by atoms with E-state index in [1.807, 2.05) is 19.1 Å². The number of imidazole rings is 1. The highest BCUT2D eigenvalue weighted by molar-refractivity contribution is 5.93. The number of oxazole rings is 1. The minimum absolute atomic E-state index is 0.166. The minimum atomic E-state index is -4.81. The molecule has 1 aromatic carbocycles. The Morgan fingerprint density at radius 2 is 2.13 bits per heavy atom. The lowest BCUT2D eigenvalue weighted by molar-refractivity contribution is -0.213. The van der Waals surface area contributed by atoms with Crippen molar-refractivity contribution in [2.24, 2.45) is 0 Å². The highest BCUT2D eigenvalue weighted by atomic mass is 19.4. The summed E-state index contributed by atoms with van der Waals surface area (Å²) in [5, 5.41) is 3.27. The number of aromatic nitrogens is 5. The number of halogens is 3. The van der Waals surface area contributed by atoms with Crippen molar-refractivity contribution in [2.75, 3.05) is 6.54 Å². The Hall–Kier alpha value is -3.63. The summed E-state index contributed by atoms with van der Waals surface area (Å²) in [6, 6.07) is 5.65. The van der Waals surface area contributed by atoms with Crippen LogP contribution >= 0.6 is 0 Å². The number of nitrogens with zero attached hydrogens (tertiary/aromatic N) is 5. The van der Waals surface area contributed by atoms with E-state index in [4.69, 9.17) is 4.42 Å². The molecule has 4 aromatic rings. The number of H-pyrrole nitrogens is 1. The van der Waals surface area contributed by atoms with Gasteiger partial charge in [-0.05, 0) is 24.6 Å². The van der Waals surface area contributed by atoms with Gasteiger partial charge < -0.3 is 14.3 Å². The van der Waals surface area contributed by atoms with Gasteiger partial charge in [-0.25, -0.2) is 9.97 Å². The third kappa shape index (κ3) is 2.77. The Balaban J connectivity index is 1.63. The van der Waals surface area contributed by atoms with Crippen molar-refractivity contribution in [2.45, 2.75) is 25.7 Å². The van der Waals surface area contributed by atoms with Crippen molar-refractivity contribution < 1.29 is 22.4 Å². The third-order valence-electron chi connectivity index (χ3n) is 5.15. The van der Waals surface area contributed by atoms with Gasteiger partial charge in [0.2, 0.25) is 5.89 Å². The fourth-order valence-corrected chi connectivity index (χ4v) is 3.78. The summed E-state index contributed by atoms with van der Waals surface area (Å²) >= 11 is 0. The van der Waals surface area contributed by atoms with Crippen LogP contribution in [-0.4, -0.2) is 42.1 Å². The van der Waals surface area contributed by atoms with Gasteiger partial charge >= 0.3 is 6.30 Å². The molecule has 1 amide bonds. The highest BCUT2D eigenvalue weighted by Crippen LogP contribution is 2.36. The van der Waals surface area contributed by atoms with Gasteiger partial charge in [0.05, 0.1) is 18.2 Å². The van der Waals surface area contributed by atoms with Crippen molar-refractivity contribution >= 4 is 17.0 Å². The number of carbonyl (C=O) groups excluding carboxylic acids is 1. The zero-order valence-electron chi connectivity index (χ0n) is 15.6. The van der Waals surface area contributed by atoms with E-state index in [1.54, 1.807) is 6.07 Å². The lowest BCUT2D eigenvalue weighted by Crippen LogP contribution is -2.42. The summed E-state index contributed by atoms with van der Waals surface area (Å²) in [6.07, 6.45) is -1.97. The number of fused-ring (bicyclic) bond motifs is 2. The minimum Gasteiger partial charge on any atom is -0.438 e. The lowest BCUT2D eigenvalue weighted by atomic mass is 10.0. The molecule has 0 radical (unpaired) electrons. The van der Waals surface area contributed by atoms with Crippen molar-refractivity contribution in [1.82, 2.24) is 29.6 Å². The van der Waals surface area contributed by atoms with Crippen molar-refractivity contribution in [1.29, 1.82) is 0 Å². The molecular weight excluding hydrogens is 401 g/mol. The van der Waals surface area contributed by atoms with Gasteiger partial charge in [-0.2, -0.15) is 9.78 Å². The molecule has 0 saturated carbocycles. The Morgan fingerprint density at radius 3 is 2.90 bits per heavy atom. The van der Waals surface area contributed by atoms with Crippen LogP contribution in [0.1, 0.15) is 39.4 Å². The first-order valence-corrected chi connectivity index (χ1v) is 9.15. The molecule has 0 saturated heterocycles. The second-order valence-electron chi connectivity index (χ2n) is 6.99. The van der Waals surface area contributed by atoms with Crippen LogP contribution in [0.3, 0.4) is 0 Å². The van der Waals surface area contributed by atoms with E-state index in [0.717, 1.165) is 23.5 Å². The number of alkyl halides is 3. The molecule has 0 spiro atoms. The van der Waals surface area contributed by atoms with Crippen LogP contribution in [-0.2, 0) is 12.7 Å². The molecular formula is C19H15F3N6O2. The van der Waals surface area contributed by atoms with Gasteiger partial charge in [-0.15, -0.1) is 13.2 Å².